The molecule has 1 aromatic rings. The zero-order valence-electron chi connectivity index (χ0n) is 18.8. The Labute approximate surface area is 191 Å². The Balaban J connectivity index is 1.13. The summed E-state index contributed by atoms with van der Waals surface area (Å²) in [5.74, 6) is 2.87. The molecule has 0 aromatic heterocycles. The number of thioether (sulfide) groups is 1. The van der Waals surface area contributed by atoms with E-state index in [9.17, 15) is 0 Å². The average molecular weight is 439 g/mol. The molecule has 2 heterocycles. The van der Waals surface area contributed by atoms with Crippen LogP contribution in [-0.4, -0.2) is 48.3 Å². The van der Waals surface area contributed by atoms with E-state index in [1.165, 1.54) is 46.7 Å². The Morgan fingerprint density at radius 2 is 1.77 bits per heavy atom. The van der Waals surface area contributed by atoms with E-state index in [0.29, 0.717) is 0 Å². The molecule has 1 fully saturated rings. The van der Waals surface area contributed by atoms with E-state index < -0.39 is 0 Å². The number of ether oxygens (including phenoxy) is 2. The van der Waals surface area contributed by atoms with Crippen LogP contribution >= 0.6 is 11.8 Å². The van der Waals surface area contributed by atoms with Crippen molar-refractivity contribution in [3.05, 3.63) is 77.3 Å². The Bertz CT molecular complexity index is 859. The van der Waals surface area contributed by atoms with E-state index in [-0.39, 0.29) is 0 Å². The predicted molar refractivity (Wildman–Crippen MR) is 129 cm³/mol. The van der Waals surface area contributed by atoms with Gasteiger partial charge in [-0.25, -0.2) is 0 Å². The topological polar surface area (TPSA) is 24.9 Å². The molecule has 1 aliphatic carbocycles. The van der Waals surface area contributed by atoms with Gasteiger partial charge in [0.2, 0.25) is 5.88 Å². The molecule has 0 saturated carbocycles. The number of allylic oxidation sites excluding steroid dienone is 4. The van der Waals surface area contributed by atoms with Gasteiger partial charge in [0, 0.05) is 31.1 Å². The summed E-state index contributed by atoms with van der Waals surface area (Å²) in [4.78, 5) is 6.33. The second-order valence-corrected chi connectivity index (χ2v) is 9.54. The molecule has 1 saturated heterocycles. The van der Waals surface area contributed by atoms with E-state index in [0.717, 1.165) is 50.7 Å². The fraction of sp³-hybridized carbons (Fsp3) is 0.462. The van der Waals surface area contributed by atoms with Crippen molar-refractivity contribution >= 4 is 11.8 Å². The van der Waals surface area contributed by atoms with Crippen LogP contribution in [0, 0.1) is 13.8 Å². The summed E-state index contributed by atoms with van der Waals surface area (Å²) in [7, 11) is 0. The van der Waals surface area contributed by atoms with Crippen LogP contribution < -0.4 is 0 Å². The van der Waals surface area contributed by atoms with Gasteiger partial charge in [-0.1, -0.05) is 36.4 Å². The second-order valence-electron chi connectivity index (χ2n) is 8.44. The Kier molecular flexibility index (Phi) is 7.81. The van der Waals surface area contributed by atoms with Crippen molar-refractivity contribution in [1.29, 1.82) is 0 Å². The lowest BCUT2D eigenvalue weighted by atomic mass is 10.0. The van der Waals surface area contributed by atoms with Gasteiger partial charge in [-0.3, -0.25) is 4.90 Å². The van der Waals surface area contributed by atoms with Gasteiger partial charge in [0.15, 0.2) is 12.0 Å². The monoisotopic (exact) mass is 438 g/mol. The van der Waals surface area contributed by atoms with Crippen LogP contribution in [-0.2, 0) is 9.47 Å². The largest absolute Gasteiger partial charge is 0.456 e. The summed E-state index contributed by atoms with van der Waals surface area (Å²) in [5.41, 5.74) is 4.01. The van der Waals surface area contributed by atoms with Gasteiger partial charge in [0.1, 0.15) is 6.26 Å². The lowest BCUT2D eigenvalue weighted by Crippen LogP contribution is -2.46. The zero-order valence-corrected chi connectivity index (χ0v) is 19.6. The molecule has 4 nitrogen and oxygen atoms in total. The first-order valence-electron chi connectivity index (χ1n) is 11.5. The molecule has 166 valence electrons. The van der Waals surface area contributed by atoms with Gasteiger partial charge in [0.05, 0.1) is 0 Å². The van der Waals surface area contributed by atoms with E-state index in [2.05, 4.69) is 60.1 Å². The van der Waals surface area contributed by atoms with Gasteiger partial charge < -0.3 is 14.4 Å². The van der Waals surface area contributed by atoms with Gasteiger partial charge >= 0.3 is 0 Å². The zero-order chi connectivity index (χ0) is 21.5. The molecule has 5 heteroatoms. The summed E-state index contributed by atoms with van der Waals surface area (Å²) in [6.07, 6.45) is 14.5. The number of benzene rings is 1. The summed E-state index contributed by atoms with van der Waals surface area (Å²) >= 11 is 2.01. The number of nitrogens with zero attached hydrogens (tertiary/aromatic N) is 2. The molecule has 0 spiro atoms. The highest BCUT2D eigenvalue weighted by Gasteiger charge is 2.22. The lowest BCUT2D eigenvalue weighted by molar-refractivity contribution is 0.0841. The molecule has 3 aliphatic rings. The Morgan fingerprint density at radius 1 is 0.968 bits per heavy atom. The van der Waals surface area contributed by atoms with Gasteiger partial charge in [0.25, 0.3) is 0 Å². The molecule has 31 heavy (non-hydrogen) atoms. The highest BCUT2D eigenvalue weighted by molar-refractivity contribution is 7.99. The second kappa shape index (κ2) is 11.0. The van der Waals surface area contributed by atoms with Crippen LogP contribution in [0.5, 0.6) is 0 Å². The molecule has 0 N–H and O–H groups in total. The van der Waals surface area contributed by atoms with Crippen molar-refractivity contribution in [3.8, 4) is 0 Å². The minimum absolute atomic E-state index is 0.834. The maximum absolute atomic E-state index is 5.91. The van der Waals surface area contributed by atoms with Gasteiger partial charge in [-0.15, -0.1) is 11.8 Å². The molecular weight excluding hydrogens is 404 g/mol. The highest BCUT2D eigenvalue weighted by atomic mass is 32.2. The minimum Gasteiger partial charge on any atom is -0.456 e. The smallest absolute Gasteiger partial charge is 0.231 e. The molecule has 0 radical (unpaired) electrons. The van der Waals surface area contributed by atoms with Crippen LogP contribution in [0.4, 0.5) is 0 Å². The number of rotatable bonds is 8. The third kappa shape index (κ3) is 5.98. The Morgan fingerprint density at radius 3 is 2.45 bits per heavy atom. The van der Waals surface area contributed by atoms with Crippen molar-refractivity contribution in [3.63, 3.8) is 0 Å². The number of unbranched alkanes of at least 4 members (excludes halogenated alkanes) is 1. The molecular formula is C26H34N2O2S. The highest BCUT2D eigenvalue weighted by Crippen LogP contribution is 2.28. The summed E-state index contributed by atoms with van der Waals surface area (Å²) in [6.45, 7) is 9.75. The van der Waals surface area contributed by atoms with E-state index in [4.69, 9.17) is 9.47 Å². The van der Waals surface area contributed by atoms with Crippen LogP contribution in [0.15, 0.2) is 71.1 Å². The van der Waals surface area contributed by atoms with Crippen LogP contribution in [0.3, 0.4) is 0 Å². The predicted octanol–water partition coefficient (Wildman–Crippen LogP) is 5.76. The van der Waals surface area contributed by atoms with Crippen molar-refractivity contribution in [2.75, 3.05) is 38.5 Å². The third-order valence-corrected chi connectivity index (χ3v) is 7.54. The third-order valence-electron chi connectivity index (χ3n) is 6.11. The number of hydrogen-bond acceptors (Lipinski definition) is 5. The van der Waals surface area contributed by atoms with Gasteiger partial charge in [-0.2, -0.15) is 0 Å². The molecule has 2 aliphatic heterocycles. The molecule has 0 atom stereocenters. The van der Waals surface area contributed by atoms with Crippen LogP contribution in [0.1, 0.15) is 36.8 Å². The molecule has 1 aromatic carbocycles. The normalized spacial score (nSPS) is 19.3. The minimum atomic E-state index is 0.834. The van der Waals surface area contributed by atoms with E-state index in [1.807, 2.05) is 11.8 Å². The van der Waals surface area contributed by atoms with Gasteiger partial charge in [-0.05, 0) is 68.5 Å². The van der Waals surface area contributed by atoms with E-state index in [1.54, 1.807) is 12.5 Å². The molecule has 4 rings (SSSR count). The maximum atomic E-state index is 5.91. The number of piperazine rings is 1. The number of hydrogen-bond donors (Lipinski definition) is 0. The first-order chi connectivity index (χ1) is 15.2. The van der Waals surface area contributed by atoms with Crippen molar-refractivity contribution < 1.29 is 9.47 Å². The summed E-state index contributed by atoms with van der Waals surface area (Å²) < 4.78 is 11.8. The fourth-order valence-corrected chi connectivity index (χ4v) is 5.37. The summed E-state index contributed by atoms with van der Waals surface area (Å²) in [6, 6.07) is 6.58. The average Bonchev–Trinajstić information content (AvgIpc) is 2.82. The molecule has 0 bridgehead atoms. The van der Waals surface area contributed by atoms with Crippen molar-refractivity contribution in [2.24, 2.45) is 0 Å². The van der Waals surface area contributed by atoms with Crippen LogP contribution in [0.25, 0.3) is 0 Å². The Hall–Kier alpha value is -2.11. The van der Waals surface area contributed by atoms with Crippen molar-refractivity contribution in [1.82, 2.24) is 9.80 Å². The fourth-order valence-electron chi connectivity index (χ4n) is 4.22. The summed E-state index contributed by atoms with van der Waals surface area (Å²) in [5, 5.41) is 0. The quantitative estimate of drug-likeness (QED) is 0.380. The number of aryl methyl sites for hydroxylation is 2. The lowest BCUT2D eigenvalue weighted by Gasteiger charge is -2.36. The van der Waals surface area contributed by atoms with Crippen LogP contribution in [0.2, 0.25) is 0 Å². The van der Waals surface area contributed by atoms with Crippen molar-refractivity contribution in [2.45, 2.75) is 44.4 Å². The molecule has 0 amide bonds. The SMILES string of the molecule is Cc1cccc(C)c1SCCCCN1CCN(C2=COC(C3=CC=CCC3)=CO2)CC1. The first kappa shape index (κ1) is 22.1. The standard InChI is InChI=1S/C26H34N2O2S/c1-21-9-8-10-22(2)26(21)31-18-7-6-13-27-14-16-28(17-15-27)25-20-29-24(19-30-25)23-11-4-3-5-12-23/h3-4,8-11,19-20H,5-7,12-18H2,1-2H3. The van der Waals surface area contributed by atoms with E-state index >= 15 is 0 Å². The maximum Gasteiger partial charge on any atom is 0.231 e. The first-order valence-corrected chi connectivity index (χ1v) is 12.5. The molecule has 0 unspecified atom stereocenters.